The third-order valence-corrected chi connectivity index (χ3v) is 4.22. The predicted molar refractivity (Wildman–Crippen MR) is 87.9 cm³/mol. The molecule has 3 rings (SSSR count). The summed E-state index contributed by atoms with van der Waals surface area (Å²) in [6, 6.07) is 3.74. The van der Waals surface area contributed by atoms with Gasteiger partial charge in [-0.25, -0.2) is 9.97 Å². The summed E-state index contributed by atoms with van der Waals surface area (Å²) in [5.41, 5.74) is 7.81. The van der Waals surface area contributed by atoms with Crippen LogP contribution in [0.2, 0.25) is 0 Å². The molecular weight excluding hydrogens is 310 g/mol. The molecule has 0 saturated heterocycles. The van der Waals surface area contributed by atoms with Gasteiger partial charge in [0.25, 0.3) is 0 Å². The smallest absolute Gasteiger partial charge is 0.220 e. The van der Waals surface area contributed by atoms with Crippen molar-refractivity contribution < 1.29 is 19.0 Å². The molecule has 7 nitrogen and oxygen atoms in total. The predicted octanol–water partition coefficient (Wildman–Crippen LogP) is 2.00. The molecule has 0 radical (unpaired) electrons. The molecule has 0 fully saturated rings. The molecule has 1 atom stereocenters. The van der Waals surface area contributed by atoms with Crippen LogP contribution in [0, 0.1) is 0 Å². The van der Waals surface area contributed by atoms with Crippen LogP contribution in [-0.4, -0.2) is 37.1 Å². The van der Waals surface area contributed by atoms with Crippen LogP contribution in [0.5, 0.6) is 17.2 Å². The van der Waals surface area contributed by atoms with Crippen molar-refractivity contribution in [2.75, 3.05) is 27.1 Å². The minimum atomic E-state index is -0.0343. The maximum atomic E-state index is 12.4. The number of benzene rings is 1. The lowest BCUT2D eigenvalue weighted by atomic mass is 9.82. The second kappa shape index (κ2) is 6.35. The number of aromatic nitrogens is 2. The van der Waals surface area contributed by atoms with Gasteiger partial charge in [0.1, 0.15) is 0 Å². The molecule has 1 aliphatic carbocycles. The van der Waals surface area contributed by atoms with Crippen molar-refractivity contribution >= 4 is 11.7 Å². The molecule has 1 unspecified atom stereocenters. The Kier molecular flexibility index (Phi) is 4.24. The van der Waals surface area contributed by atoms with Gasteiger partial charge in [-0.3, -0.25) is 4.79 Å². The van der Waals surface area contributed by atoms with Gasteiger partial charge in [-0.1, -0.05) is 0 Å². The highest BCUT2D eigenvalue weighted by atomic mass is 16.5. The topological polar surface area (TPSA) is 96.6 Å². The lowest BCUT2D eigenvalue weighted by Crippen LogP contribution is -2.21. The van der Waals surface area contributed by atoms with Crippen LogP contribution in [0.25, 0.3) is 0 Å². The molecule has 0 spiro atoms. The zero-order valence-corrected chi connectivity index (χ0v) is 13.8. The van der Waals surface area contributed by atoms with Crippen molar-refractivity contribution in [2.45, 2.75) is 18.8 Å². The minimum absolute atomic E-state index is 0.00926. The van der Waals surface area contributed by atoms with E-state index in [-0.39, 0.29) is 17.6 Å². The summed E-state index contributed by atoms with van der Waals surface area (Å²) in [6.45, 7) is 0. The number of nitrogen functional groups attached to an aromatic ring is 1. The van der Waals surface area contributed by atoms with Gasteiger partial charge in [0.05, 0.1) is 32.6 Å². The van der Waals surface area contributed by atoms with Crippen molar-refractivity contribution in [3.8, 4) is 17.2 Å². The highest BCUT2D eigenvalue weighted by Crippen LogP contribution is 2.42. The third-order valence-electron chi connectivity index (χ3n) is 4.22. The van der Waals surface area contributed by atoms with Gasteiger partial charge in [0.15, 0.2) is 17.3 Å². The highest BCUT2D eigenvalue weighted by molar-refractivity contribution is 5.98. The molecule has 1 aliphatic rings. The van der Waals surface area contributed by atoms with E-state index in [1.54, 1.807) is 21.3 Å². The standard InChI is InChI=1S/C17H19N3O4/c1-22-14-6-10(7-15(23-2)16(14)24-3)9-4-12-11(13(21)5-9)8-19-17(18)20-12/h6-9H,4-5H2,1-3H3,(H2,18,19,20). The van der Waals surface area contributed by atoms with Crippen LogP contribution in [0.3, 0.4) is 0 Å². The Balaban J connectivity index is 2.02. The maximum Gasteiger partial charge on any atom is 0.220 e. The van der Waals surface area contributed by atoms with E-state index in [1.807, 2.05) is 12.1 Å². The Morgan fingerprint density at radius 2 is 1.75 bits per heavy atom. The van der Waals surface area contributed by atoms with Crippen molar-refractivity contribution in [3.05, 3.63) is 35.2 Å². The summed E-state index contributed by atoms with van der Waals surface area (Å²) in [5.74, 6) is 1.80. The van der Waals surface area contributed by atoms with Gasteiger partial charge in [-0.05, 0) is 30.0 Å². The largest absolute Gasteiger partial charge is 0.493 e. The van der Waals surface area contributed by atoms with E-state index in [0.717, 1.165) is 5.56 Å². The lowest BCUT2D eigenvalue weighted by molar-refractivity contribution is 0.0962. The van der Waals surface area contributed by atoms with Crippen LogP contribution in [-0.2, 0) is 6.42 Å². The molecular formula is C17H19N3O4. The van der Waals surface area contributed by atoms with E-state index in [0.29, 0.717) is 41.3 Å². The molecule has 24 heavy (non-hydrogen) atoms. The Hall–Kier alpha value is -2.83. The molecule has 2 N–H and O–H groups in total. The molecule has 7 heteroatoms. The monoisotopic (exact) mass is 329 g/mol. The number of hydrogen-bond acceptors (Lipinski definition) is 7. The fraction of sp³-hybridized carbons (Fsp3) is 0.353. The number of hydrogen-bond donors (Lipinski definition) is 1. The SMILES string of the molecule is COc1cc(C2CC(=O)c3cnc(N)nc3C2)cc(OC)c1OC. The number of Topliss-reactive ketones (excluding diaryl/α,β-unsaturated/α-hetero) is 1. The lowest BCUT2D eigenvalue weighted by Gasteiger charge is -2.24. The van der Waals surface area contributed by atoms with E-state index in [9.17, 15) is 4.79 Å². The van der Waals surface area contributed by atoms with Crippen molar-refractivity contribution in [3.63, 3.8) is 0 Å². The molecule has 126 valence electrons. The number of carbonyl (C=O) groups is 1. The van der Waals surface area contributed by atoms with E-state index in [4.69, 9.17) is 19.9 Å². The summed E-state index contributed by atoms with van der Waals surface area (Å²) in [5, 5.41) is 0. The Morgan fingerprint density at radius 3 is 2.33 bits per heavy atom. The van der Waals surface area contributed by atoms with Crippen LogP contribution in [0.15, 0.2) is 18.3 Å². The maximum absolute atomic E-state index is 12.4. The third kappa shape index (κ3) is 2.73. The first kappa shape index (κ1) is 16.0. The Morgan fingerprint density at radius 1 is 1.08 bits per heavy atom. The average Bonchev–Trinajstić information content (AvgIpc) is 2.59. The van der Waals surface area contributed by atoms with Crippen LogP contribution in [0.4, 0.5) is 5.95 Å². The highest BCUT2D eigenvalue weighted by Gasteiger charge is 2.29. The van der Waals surface area contributed by atoms with E-state index < -0.39 is 0 Å². The number of ketones is 1. The number of nitrogens with zero attached hydrogens (tertiary/aromatic N) is 2. The van der Waals surface area contributed by atoms with Crippen LogP contribution >= 0.6 is 0 Å². The average molecular weight is 329 g/mol. The number of carbonyl (C=O) groups excluding carboxylic acids is 1. The minimum Gasteiger partial charge on any atom is -0.493 e. The number of fused-ring (bicyclic) bond motifs is 1. The zero-order chi connectivity index (χ0) is 17.3. The first-order chi connectivity index (χ1) is 11.6. The van der Waals surface area contributed by atoms with Gasteiger partial charge in [-0.15, -0.1) is 0 Å². The van der Waals surface area contributed by atoms with Crippen LogP contribution < -0.4 is 19.9 Å². The molecule has 0 amide bonds. The van der Waals surface area contributed by atoms with Crippen molar-refractivity contribution in [1.82, 2.24) is 9.97 Å². The molecule has 0 aliphatic heterocycles. The van der Waals surface area contributed by atoms with Gasteiger partial charge in [0, 0.05) is 12.6 Å². The zero-order valence-electron chi connectivity index (χ0n) is 13.8. The summed E-state index contributed by atoms with van der Waals surface area (Å²) in [6.07, 6.45) is 2.48. The van der Waals surface area contributed by atoms with E-state index in [1.165, 1.54) is 6.20 Å². The first-order valence-corrected chi connectivity index (χ1v) is 7.51. The van der Waals surface area contributed by atoms with Gasteiger partial charge in [0.2, 0.25) is 11.7 Å². The Bertz CT molecular complexity index is 766. The van der Waals surface area contributed by atoms with Crippen LogP contribution in [0.1, 0.15) is 34.0 Å². The van der Waals surface area contributed by atoms with E-state index in [2.05, 4.69) is 9.97 Å². The van der Waals surface area contributed by atoms with Crippen molar-refractivity contribution in [1.29, 1.82) is 0 Å². The molecule has 1 heterocycles. The van der Waals surface area contributed by atoms with Gasteiger partial charge < -0.3 is 19.9 Å². The van der Waals surface area contributed by atoms with Gasteiger partial charge in [-0.2, -0.15) is 0 Å². The molecule has 1 aromatic carbocycles. The van der Waals surface area contributed by atoms with Gasteiger partial charge >= 0.3 is 0 Å². The second-order valence-electron chi connectivity index (χ2n) is 5.58. The number of anilines is 1. The number of methoxy groups -OCH3 is 3. The summed E-state index contributed by atoms with van der Waals surface area (Å²) in [7, 11) is 4.69. The summed E-state index contributed by atoms with van der Waals surface area (Å²) < 4.78 is 16.1. The van der Waals surface area contributed by atoms with Crippen molar-refractivity contribution in [2.24, 2.45) is 0 Å². The fourth-order valence-corrected chi connectivity index (χ4v) is 3.03. The number of nitrogens with two attached hydrogens (primary N) is 1. The second-order valence-corrected chi connectivity index (χ2v) is 5.58. The normalized spacial score (nSPS) is 16.5. The molecule has 0 saturated carbocycles. The summed E-state index contributed by atoms with van der Waals surface area (Å²) in [4.78, 5) is 20.5. The fourth-order valence-electron chi connectivity index (χ4n) is 3.03. The summed E-state index contributed by atoms with van der Waals surface area (Å²) >= 11 is 0. The molecule has 2 aromatic rings. The van der Waals surface area contributed by atoms with E-state index >= 15 is 0 Å². The Labute approximate surface area is 139 Å². The molecule has 0 bridgehead atoms. The number of rotatable bonds is 4. The quantitative estimate of drug-likeness (QED) is 0.916. The number of ether oxygens (including phenoxy) is 3. The first-order valence-electron chi connectivity index (χ1n) is 7.51. The molecule has 1 aromatic heterocycles.